The Labute approximate surface area is 173 Å². The van der Waals surface area contributed by atoms with Crippen molar-refractivity contribution in [1.29, 1.82) is 0 Å². The quantitative estimate of drug-likeness (QED) is 0.655. The lowest BCUT2D eigenvalue weighted by atomic mass is 10.1. The predicted molar refractivity (Wildman–Crippen MR) is 111 cm³/mol. The minimum Gasteiger partial charge on any atom is -0.374 e. The van der Waals surface area contributed by atoms with Gasteiger partial charge >= 0.3 is 0 Å². The zero-order valence-corrected chi connectivity index (χ0v) is 17.3. The Kier molecular flexibility index (Phi) is 6.63. The van der Waals surface area contributed by atoms with E-state index in [0.29, 0.717) is 19.8 Å². The SMILES string of the molecule is CC1(C)OC2C(NCc3ccccc3)CC(OCCOCc3ccccc3)C2O1. The third-order valence-corrected chi connectivity index (χ3v) is 5.50. The molecule has 2 fully saturated rings. The average Bonchev–Trinajstić information content (AvgIpc) is 3.21. The summed E-state index contributed by atoms with van der Waals surface area (Å²) in [5, 5.41) is 3.64. The molecular weight excluding hydrogens is 366 g/mol. The van der Waals surface area contributed by atoms with Gasteiger partial charge < -0.3 is 24.3 Å². The van der Waals surface area contributed by atoms with Gasteiger partial charge in [-0.1, -0.05) is 60.7 Å². The fraction of sp³-hybridized carbons (Fsp3) is 0.500. The molecule has 0 amide bonds. The van der Waals surface area contributed by atoms with Crippen LogP contribution < -0.4 is 5.32 Å². The number of hydrogen-bond acceptors (Lipinski definition) is 5. The van der Waals surface area contributed by atoms with Crippen LogP contribution in [0.15, 0.2) is 60.7 Å². The Morgan fingerprint density at radius 3 is 2.28 bits per heavy atom. The second kappa shape index (κ2) is 9.37. The Hall–Kier alpha value is -1.76. The van der Waals surface area contributed by atoms with E-state index in [1.54, 1.807) is 0 Å². The molecule has 1 aliphatic heterocycles. The molecule has 0 aromatic heterocycles. The van der Waals surface area contributed by atoms with Crippen LogP contribution in [-0.4, -0.2) is 43.4 Å². The van der Waals surface area contributed by atoms with Crippen LogP contribution in [-0.2, 0) is 32.1 Å². The summed E-state index contributed by atoms with van der Waals surface area (Å²) in [7, 11) is 0. The molecule has 1 heterocycles. The highest BCUT2D eigenvalue weighted by atomic mass is 16.8. The smallest absolute Gasteiger partial charge is 0.163 e. The molecule has 2 aromatic rings. The maximum absolute atomic E-state index is 6.19. The number of nitrogens with one attached hydrogen (secondary N) is 1. The molecule has 2 aliphatic rings. The molecule has 1 aliphatic carbocycles. The predicted octanol–water partition coefficient (Wildman–Crippen LogP) is 3.67. The van der Waals surface area contributed by atoms with Crippen molar-refractivity contribution in [2.24, 2.45) is 0 Å². The number of fused-ring (bicyclic) bond motifs is 1. The standard InChI is InChI=1S/C24H31NO4/c1-24(2)28-22-20(25-16-18-9-5-3-6-10-18)15-21(23(22)29-24)27-14-13-26-17-19-11-7-4-8-12-19/h3-12,20-23,25H,13-17H2,1-2H3. The van der Waals surface area contributed by atoms with E-state index in [1.807, 2.05) is 38.1 Å². The fourth-order valence-corrected chi connectivity index (χ4v) is 4.16. The molecule has 4 rings (SSSR count). The van der Waals surface area contributed by atoms with Crippen LogP contribution in [0, 0.1) is 0 Å². The first-order chi connectivity index (χ1) is 14.1. The van der Waals surface area contributed by atoms with Crippen LogP contribution >= 0.6 is 0 Å². The van der Waals surface area contributed by atoms with Gasteiger partial charge in [-0.2, -0.15) is 0 Å². The molecular formula is C24H31NO4. The molecule has 1 N–H and O–H groups in total. The lowest BCUT2D eigenvalue weighted by Crippen LogP contribution is -2.39. The van der Waals surface area contributed by atoms with Gasteiger partial charge in [0.2, 0.25) is 0 Å². The zero-order valence-electron chi connectivity index (χ0n) is 17.3. The lowest BCUT2D eigenvalue weighted by molar-refractivity contribution is -0.169. The van der Waals surface area contributed by atoms with Gasteiger partial charge in [0.05, 0.1) is 25.9 Å². The van der Waals surface area contributed by atoms with Gasteiger partial charge in [0.25, 0.3) is 0 Å². The molecule has 0 bridgehead atoms. The lowest BCUT2D eigenvalue weighted by Gasteiger charge is -2.24. The molecule has 1 saturated carbocycles. The summed E-state index contributed by atoms with van der Waals surface area (Å²) in [4.78, 5) is 0. The van der Waals surface area contributed by atoms with Crippen LogP contribution in [0.2, 0.25) is 0 Å². The van der Waals surface area contributed by atoms with E-state index >= 15 is 0 Å². The van der Waals surface area contributed by atoms with E-state index in [4.69, 9.17) is 18.9 Å². The third kappa shape index (κ3) is 5.44. The highest BCUT2D eigenvalue weighted by molar-refractivity contribution is 5.15. The molecule has 29 heavy (non-hydrogen) atoms. The van der Waals surface area contributed by atoms with Gasteiger partial charge in [-0.3, -0.25) is 0 Å². The number of hydrogen-bond donors (Lipinski definition) is 1. The average molecular weight is 398 g/mol. The van der Waals surface area contributed by atoms with Crippen LogP contribution in [0.1, 0.15) is 31.4 Å². The second-order valence-corrected chi connectivity index (χ2v) is 8.22. The van der Waals surface area contributed by atoms with Gasteiger partial charge in [-0.05, 0) is 31.4 Å². The van der Waals surface area contributed by atoms with Crippen molar-refractivity contribution in [3.05, 3.63) is 71.8 Å². The topological polar surface area (TPSA) is 49.0 Å². The summed E-state index contributed by atoms with van der Waals surface area (Å²) in [6, 6.07) is 20.8. The Balaban J connectivity index is 1.26. The van der Waals surface area contributed by atoms with Crippen LogP contribution in [0.3, 0.4) is 0 Å². The number of ether oxygens (including phenoxy) is 4. The monoisotopic (exact) mass is 397 g/mol. The molecule has 0 radical (unpaired) electrons. The van der Waals surface area contributed by atoms with Crippen molar-refractivity contribution in [2.45, 2.75) is 63.6 Å². The highest BCUT2D eigenvalue weighted by Crippen LogP contribution is 2.39. The van der Waals surface area contributed by atoms with Gasteiger partial charge in [-0.15, -0.1) is 0 Å². The van der Waals surface area contributed by atoms with E-state index in [1.165, 1.54) is 11.1 Å². The molecule has 4 unspecified atom stereocenters. The van der Waals surface area contributed by atoms with Crippen LogP contribution in [0.25, 0.3) is 0 Å². The van der Waals surface area contributed by atoms with Crippen molar-refractivity contribution in [3.8, 4) is 0 Å². The minimum absolute atomic E-state index is 0.00366. The maximum atomic E-state index is 6.19. The van der Waals surface area contributed by atoms with Crippen molar-refractivity contribution < 1.29 is 18.9 Å². The molecule has 1 saturated heterocycles. The summed E-state index contributed by atoms with van der Waals surface area (Å²) in [5.41, 5.74) is 2.44. The zero-order chi connectivity index (χ0) is 20.1. The van der Waals surface area contributed by atoms with E-state index in [0.717, 1.165) is 13.0 Å². The summed E-state index contributed by atoms with van der Waals surface area (Å²) >= 11 is 0. The first-order valence-electron chi connectivity index (χ1n) is 10.5. The molecule has 5 nitrogen and oxygen atoms in total. The second-order valence-electron chi connectivity index (χ2n) is 8.22. The Morgan fingerprint density at radius 1 is 0.897 bits per heavy atom. The third-order valence-electron chi connectivity index (χ3n) is 5.50. The van der Waals surface area contributed by atoms with E-state index in [9.17, 15) is 0 Å². The first kappa shape index (κ1) is 20.5. The first-order valence-corrected chi connectivity index (χ1v) is 10.5. The number of rotatable bonds is 9. The molecule has 4 atom stereocenters. The molecule has 2 aromatic carbocycles. The normalized spacial score (nSPS) is 27.8. The number of benzene rings is 2. The van der Waals surface area contributed by atoms with Crippen molar-refractivity contribution in [1.82, 2.24) is 5.32 Å². The van der Waals surface area contributed by atoms with Crippen LogP contribution in [0.5, 0.6) is 0 Å². The minimum atomic E-state index is -0.576. The fourth-order valence-electron chi connectivity index (χ4n) is 4.16. The Morgan fingerprint density at radius 2 is 1.55 bits per heavy atom. The van der Waals surface area contributed by atoms with E-state index < -0.39 is 5.79 Å². The van der Waals surface area contributed by atoms with Crippen molar-refractivity contribution >= 4 is 0 Å². The van der Waals surface area contributed by atoms with E-state index in [2.05, 4.69) is 41.7 Å². The summed E-state index contributed by atoms with van der Waals surface area (Å²) in [5.74, 6) is -0.576. The molecule has 5 heteroatoms. The summed E-state index contributed by atoms with van der Waals surface area (Å²) in [6.45, 7) is 6.48. The maximum Gasteiger partial charge on any atom is 0.163 e. The summed E-state index contributed by atoms with van der Waals surface area (Å²) in [6.07, 6.45) is 0.837. The largest absolute Gasteiger partial charge is 0.374 e. The summed E-state index contributed by atoms with van der Waals surface area (Å²) < 4.78 is 24.3. The molecule has 156 valence electrons. The molecule has 0 spiro atoms. The van der Waals surface area contributed by atoms with Crippen molar-refractivity contribution in [3.63, 3.8) is 0 Å². The van der Waals surface area contributed by atoms with E-state index in [-0.39, 0.29) is 24.4 Å². The van der Waals surface area contributed by atoms with Crippen LogP contribution in [0.4, 0.5) is 0 Å². The van der Waals surface area contributed by atoms with Gasteiger partial charge in [0.15, 0.2) is 5.79 Å². The van der Waals surface area contributed by atoms with Crippen molar-refractivity contribution in [2.75, 3.05) is 13.2 Å². The Bertz CT molecular complexity index is 752. The highest BCUT2D eigenvalue weighted by Gasteiger charge is 2.54. The van der Waals surface area contributed by atoms with Gasteiger partial charge in [-0.25, -0.2) is 0 Å². The van der Waals surface area contributed by atoms with Gasteiger partial charge in [0, 0.05) is 12.6 Å². The van der Waals surface area contributed by atoms with Gasteiger partial charge in [0.1, 0.15) is 12.2 Å².